The van der Waals surface area contributed by atoms with Crippen LogP contribution in [-0.2, 0) is 17.9 Å². The van der Waals surface area contributed by atoms with Crippen molar-refractivity contribution < 1.29 is 24.5 Å². The number of hydrogen-bond acceptors (Lipinski definition) is 7. The molecule has 8 nitrogen and oxygen atoms in total. The van der Waals surface area contributed by atoms with Crippen LogP contribution in [0.15, 0.2) is 24.3 Å². The molecule has 1 atom stereocenters. The molecule has 2 rings (SSSR count). The first kappa shape index (κ1) is 15.9. The molecule has 2 N–H and O–H groups in total. The van der Waals surface area contributed by atoms with E-state index in [1.165, 1.54) is 11.8 Å². The van der Waals surface area contributed by atoms with Crippen LogP contribution in [0.1, 0.15) is 27.8 Å². The first-order chi connectivity index (χ1) is 10.6. The Bertz CT molecular complexity index is 638. The average molecular weight is 307 g/mol. The van der Waals surface area contributed by atoms with Crippen molar-refractivity contribution in [3.05, 3.63) is 41.2 Å². The number of hydrogen-bond donors (Lipinski definition) is 2. The molecule has 118 valence electrons. The highest BCUT2D eigenvalue weighted by molar-refractivity contribution is 5.88. The largest absolute Gasteiger partial charge is 0.497 e. The van der Waals surface area contributed by atoms with E-state index in [4.69, 9.17) is 4.74 Å². The number of esters is 1. The molecule has 0 aliphatic heterocycles. The lowest BCUT2D eigenvalue weighted by Gasteiger charge is -2.13. The number of aliphatic hydroxyl groups is 2. The molecule has 1 aromatic heterocycles. The molecule has 0 saturated carbocycles. The molecule has 1 heterocycles. The summed E-state index contributed by atoms with van der Waals surface area (Å²) in [5, 5.41) is 27.1. The quantitative estimate of drug-likeness (QED) is 0.739. The Kier molecular flexibility index (Phi) is 5.08. The second-order valence-electron chi connectivity index (χ2n) is 4.51. The SMILES string of the molecule is COC(=O)c1nnn(C[C@H](O)c2ccc(OC)cc2)c1CO. The summed E-state index contributed by atoms with van der Waals surface area (Å²) in [6, 6.07) is 6.90. The van der Waals surface area contributed by atoms with E-state index < -0.39 is 18.7 Å². The fourth-order valence-corrected chi connectivity index (χ4v) is 1.99. The number of rotatable bonds is 6. The van der Waals surface area contributed by atoms with Crippen molar-refractivity contribution in [3.63, 3.8) is 0 Å². The van der Waals surface area contributed by atoms with Crippen LogP contribution in [0.2, 0.25) is 0 Å². The predicted octanol–water partition coefficient (Wildman–Crippen LogP) is 0.299. The topological polar surface area (TPSA) is 107 Å². The molecule has 2 aromatic rings. The average Bonchev–Trinajstić information content (AvgIpc) is 2.96. The zero-order valence-corrected chi connectivity index (χ0v) is 12.3. The Hall–Kier alpha value is -2.45. The number of benzene rings is 1. The Balaban J connectivity index is 2.18. The van der Waals surface area contributed by atoms with Crippen molar-refractivity contribution in [2.75, 3.05) is 14.2 Å². The van der Waals surface area contributed by atoms with Gasteiger partial charge >= 0.3 is 5.97 Å². The van der Waals surface area contributed by atoms with Gasteiger partial charge < -0.3 is 19.7 Å². The molecule has 0 bridgehead atoms. The summed E-state index contributed by atoms with van der Waals surface area (Å²) >= 11 is 0. The van der Waals surface area contributed by atoms with Crippen LogP contribution in [0.5, 0.6) is 5.75 Å². The van der Waals surface area contributed by atoms with Gasteiger partial charge in [-0.05, 0) is 17.7 Å². The van der Waals surface area contributed by atoms with Crippen molar-refractivity contribution in [2.45, 2.75) is 19.3 Å². The molecule has 0 aliphatic rings. The van der Waals surface area contributed by atoms with E-state index in [-0.39, 0.29) is 17.9 Å². The minimum absolute atomic E-state index is 0.0478. The minimum atomic E-state index is -0.872. The van der Waals surface area contributed by atoms with Gasteiger partial charge in [-0.1, -0.05) is 17.3 Å². The molecule has 8 heteroatoms. The van der Waals surface area contributed by atoms with Gasteiger partial charge in [-0.2, -0.15) is 0 Å². The van der Waals surface area contributed by atoms with Crippen molar-refractivity contribution in [1.29, 1.82) is 0 Å². The van der Waals surface area contributed by atoms with Crippen molar-refractivity contribution in [1.82, 2.24) is 15.0 Å². The molecule has 0 radical (unpaired) electrons. The molecule has 0 amide bonds. The van der Waals surface area contributed by atoms with Gasteiger partial charge in [-0.15, -0.1) is 5.10 Å². The summed E-state index contributed by atoms with van der Waals surface area (Å²) in [6.45, 7) is -0.390. The smallest absolute Gasteiger partial charge is 0.360 e. The fourth-order valence-electron chi connectivity index (χ4n) is 1.99. The first-order valence-electron chi connectivity index (χ1n) is 6.54. The zero-order valence-electron chi connectivity index (χ0n) is 12.3. The predicted molar refractivity (Wildman–Crippen MR) is 75.2 cm³/mol. The molecule has 0 fully saturated rings. The second kappa shape index (κ2) is 7.01. The normalized spacial score (nSPS) is 12.0. The second-order valence-corrected chi connectivity index (χ2v) is 4.51. The van der Waals surface area contributed by atoms with E-state index in [0.29, 0.717) is 11.3 Å². The maximum Gasteiger partial charge on any atom is 0.360 e. The summed E-state index contributed by atoms with van der Waals surface area (Å²) in [5.74, 6) is -0.00466. The Morgan fingerprint density at radius 1 is 1.32 bits per heavy atom. The van der Waals surface area contributed by atoms with E-state index in [1.807, 2.05) is 0 Å². The van der Waals surface area contributed by atoms with Crippen molar-refractivity contribution >= 4 is 5.97 Å². The summed E-state index contributed by atoms with van der Waals surface area (Å²) in [7, 11) is 2.78. The third kappa shape index (κ3) is 3.23. The number of aliphatic hydroxyl groups excluding tert-OH is 2. The van der Waals surface area contributed by atoms with Gasteiger partial charge in [-0.3, -0.25) is 0 Å². The van der Waals surface area contributed by atoms with Crippen LogP contribution in [0.3, 0.4) is 0 Å². The standard InChI is InChI=1S/C14H17N3O5/c1-21-10-5-3-9(4-6-10)12(19)7-17-11(8-18)13(15-16-17)14(20)22-2/h3-6,12,18-19H,7-8H2,1-2H3/t12-/m0/s1. The number of nitrogens with zero attached hydrogens (tertiary/aromatic N) is 3. The minimum Gasteiger partial charge on any atom is -0.497 e. The van der Waals surface area contributed by atoms with E-state index in [2.05, 4.69) is 15.0 Å². The molecular weight excluding hydrogens is 290 g/mol. The summed E-state index contributed by atoms with van der Waals surface area (Å²) in [4.78, 5) is 11.5. The van der Waals surface area contributed by atoms with Gasteiger partial charge in [0.2, 0.25) is 0 Å². The van der Waals surface area contributed by atoms with Crippen molar-refractivity contribution in [3.8, 4) is 5.75 Å². The third-order valence-electron chi connectivity index (χ3n) is 3.21. The number of methoxy groups -OCH3 is 2. The van der Waals surface area contributed by atoms with Crippen LogP contribution in [0.4, 0.5) is 0 Å². The van der Waals surface area contributed by atoms with Gasteiger partial charge in [0, 0.05) is 0 Å². The third-order valence-corrected chi connectivity index (χ3v) is 3.21. The van der Waals surface area contributed by atoms with Crippen LogP contribution in [-0.4, -0.2) is 45.4 Å². The van der Waals surface area contributed by atoms with Gasteiger partial charge in [0.1, 0.15) is 5.75 Å². The Morgan fingerprint density at radius 3 is 2.55 bits per heavy atom. The lowest BCUT2D eigenvalue weighted by atomic mass is 10.1. The van der Waals surface area contributed by atoms with Gasteiger partial charge in [0.15, 0.2) is 5.69 Å². The first-order valence-corrected chi connectivity index (χ1v) is 6.54. The molecule has 0 aliphatic carbocycles. The maximum atomic E-state index is 11.5. The van der Waals surface area contributed by atoms with Crippen LogP contribution in [0.25, 0.3) is 0 Å². The van der Waals surface area contributed by atoms with E-state index in [0.717, 1.165) is 0 Å². The van der Waals surface area contributed by atoms with E-state index in [1.54, 1.807) is 31.4 Å². The molecular formula is C14H17N3O5. The highest BCUT2D eigenvalue weighted by atomic mass is 16.5. The van der Waals surface area contributed by atoms with Crippen LogP contribution < -0.4 is 4.74 Å². The number of carbonyl (C=O) groups is 1. The highest BCUT2D eigenvalue weighted by Crippen LogP contribution is 2.20. The molecule has 22 heavy (non-hydrogen) atoms. The number of carbonyl (C=O) groups excluding carboxylic acids is 1. The van der Waals surface area contributed by atoms with E-state index >= 15 is 0 Å². The summed E-state index contributed by atoms with van der Waals surface area (Å²) in [5.41, 5.74) is 0.783. The zero-order chi connectivity index (χ0) is 16.1. The summed E-state index contributed by atoms with van der Waals surface area (Å²) in [6.07, 6.45) is -0.872. The van der Waals surface area contributed by atoms with Crippen molar-refractivity contribution in [2.24, 2.45) is 0 Å². The maximum absolute atomic E-state index is 11.5. The molecule has 0 spiro atoms. The van der Waals surface area contributed by atoms with Gasteiger partial charge in [-0.25, -0.2) is 9.48 Å². The van der Waals surface area contributed by atoms with Crippen LogP contribution >= 0.6 is 0 Å². The fraction of sp³-hybridized carbons (Fsp3) is 0.357. The highest BCUT2D eigenvalue weighted by Gasteiger charge is 2.21. The molecule has 0 unspecified atom stereocenters. The number of aromatic nitrogens is 3. The van der Waals surface area contributed by atoms with Gasteiger partial charge in [0.25, 0.3) is 0 Å². The molecule has 0 saturated heterocycles. The Morgan fingerprint density at radius 2 is 2.00 bits per heavy atom. The van der Waals surface area contributed by atoms with Crippen LogP contribution in [0, 0.1) is 0 Å². The lowest BCUT2D eigenvalue weighted by molar-refractivity contribution is 0.0589. The van der Waals surface area contributed by atoms with Gasteiger partial charge in [0.05, 0.1) is 39.2 Å². The number of ether oxygens (including phenoxy) is 2. The Labute approximate surface area is 126 Å². The molecule has 1 aromatic carbocycles. The monoisotopic (exact) mass is 307 g/mol. The lowest BCUT2D eigenvalue weighted by Crippen LogP contribution is -2.14. The summed E-state index contributed by atoms with van der Waals surface area (Å²) < 4.78 is 10.9. The van der Waals surface area contributed by atoms with E-state index in [9.17, 15) is 15.0 Å².